The Bertz CT molecular complexity index is 1330. The van der Waals surface area contributed by atoms with Crippen LogP contribution in [0.2, 0.25) is 0 Å². The Labute approximate surface area is 209 Å². The van der Waals surface area contributed by atoms with E-state index in [1.165, 1.54) is 13.2 Å². The number of benzene rings is 2. The summed E-state index contributed by atoms with van der Waals surface area (Å²) in [5.74, 6) is -0.141. The summed E-state index contributed by atoms with van der Waals surface area (Å²) in [6, 6.07) is 14.7. The maximum Gasteiger partial charge on any atom is 0.256 e. The number of nitrogens with zero attached hydrogens (tertiary/aromatic N) is 3. The van der Waals surface area contributed by atoms with Crippen LogP contribution in [0.25, 0.3) is 22.8 Å². The molecule has 1 amide bonds. The van der Waals surface area contributed by atoms with Crippen LogP contribution in [0.3, 0.4) is 0 Å². The zero-order valence-corrected chi connectivity index (χ0v) is 20.0. The zero-order chi connectivity index (χ0) is 24.6. The number of halogens is 1. The van der Waals surface area contributed by atoms with Crippen molar-refractivity contribution in [2.24, 2.45) is 0 Å². The van der Waals surface area contributed by atoms with E-state index < -0.39 is 0 Å². The molecule has 8 heteroatoms. The molecule has 3 aromatic rings. The van der Waals surface area contributed by atoms with Crippen molar-refractivity contribution in [3.8, 4) is 16.9 Å². The van der Waals surface area contributed by atoms with Crippen molar-refractivity contribution in [1.82, 2.24) is 9.88 Å². The minimum absolute atomic E-state index is 0.204. The van der Waals surface area contributed by atoms with Gasteiger partial charge in [0.05, 0.1) is 55.1 Å². The maximum absolute atomic E-state index is 14.7. The number of carbonyl (C=O) groups is 1. The predicted octanol–water partition coefficient (Wildman–Crippen LogP) is 3.91. The van der Waals surface area contributed by atoms with Crippen LogP contribution >= 0.6 is 0 Å². The average Bonchev–Trinajstić information content (AvgIpc) is 3.18. The average molecular weight is 487 g/mol. The normalized spacial score (nSPS) is 19.2. The van der Waals surface area contributed by atoms with Gasteiger partial charge >= 0.3 is 0 Å². The van der Waals surface area contributed by atoms with Gasteiger partial charge in [0.15, 0.2) is 0 Å². The number of methoxy groups -OCH3 is 1. The van der Waals surface area contributed by atoms with E-state index in [1.807, 2.05) is 18.3 Å². The number of hydrogen-bond donors (Lipinski definition) is 1. The molecule has 0 radical (unpaired) electrons. The van der Waals surface area contributed by atoms with E-state index in [9.17, 15) is 9.18 Å². The Kier molecular flexibility index (Phi) is 5.91. The van der Waals surface area contributed by atoms with E-state index in [0.717, 1.165) is 45.1 Å². The number of anilines is 2. The fourth-order valence-electron chi connectivity index (χ4n) is 5.04. The number of fused-ring (bicyclic) bond motifs is 1. The number of ether oxygens (including phenoxy) is 2. The summed E-state index contributed by atoms with van der Waals surface area (Å²) in [6.45, 7) is 5.64. The fraction of sp³-hybridized carbons (Fsp3) is 0.286. The third kappa shape index (κ3) is 4.12. The molecule has 2 aromatic carbocycles. The Morgan fingerprint density at radius 1 is 1.11 bits per heavy atom. The van der Waals surface area contributed by atoms with Gasteiger partial charge in [-0.2, -0.15) is 0 Å². The molecule has 3 aliphatic rings. The number of hydrogen-bond acceptors (Lipinski definition) is 6. The van der Waals surface area contributed by atoms with Crippen LogP contribution in [0.5, 0.6) is 5.75 Å². The first-order chi connectivity index (χ1) is 17.6. The summed E-state index contributed by atoms with van der Waals surface area (Å²) in [5.41, 5.74) is 4.68. The van der Waals surface area contributed by atoms with Gasteiger partial charge in [-0.15, -0.1) is 0 Å². The highest BCUT2D eigenvalue weighted by atomic mass is 19.1. The summed E-state index contributed by atoms with van der Waals surface area (Å²) in [4.78, 5) is 22.2. The third-order valence-corrected chi connectivity index (χ3v) is 7.17. The van der Waals surface area contributed by atoms with Gasteiger partial charge < -0.3 is 19.7 Å². The number of pyridine rings is 1. The molecule has 7 nitrogen and oxygen atoms in total. The lowest BCUT2D eigenvalue weighted by atomic mass is 9.98. The van der Waals surface area contributed by atoms with Crippen LogP contribution in [-0.4, -0.2) is 68.3 Å². The number of carbonyl (C=O) groups excluding carboxylic acids is 1. The summed E-state index contributed by atoms with van der Waals surface area (Å²) >= 11 is 0. The number of nitrogens with one attached hydrogen (secondary N) is 1. The molecule has 0 unspecified atom stereocenters. The number of amides is 1. The second kappa shape index (κ2) is 9.37. The lowest BCUT2D eigenvalue weighted by Gasteiger charge is -2.43. The lowest BCUT2D eigenvalue weighted by molar-refractivity contribution is -0.110. The van der Waals surface area contributed by atoms with Gasteiger partial charge in [0.1, 0.15) is 11.6 Å². The van der Waals surface area contributed by atoms with E-state index in [-0.39, 0.29) is 11.7 Å². The largest absolute Gasteiger partial charge is 0.496 e. The highest BCUT2D eigenvalue weighted by Gasteiger charge is 2.29. The molecule has 0 saturated carbocycles. The van der Waals surface area contributed by atoms with Gasteiger partial charge in [0, 0.05) is 37.4 Å². The van der Waals surface area contributed by atoms with E-state index in [0.29, 0.717) is 45.4 Å². The molecule has 184 valence electrons. The van der Waals surface area contributed by atoms with Crippen molar-refractivity contribution in [3.05, 3.63) is 71.8 Å². The van der Waals surface area contributed by atoms with Crippen LogP contribution in [0, 0.1) is 5.82 Å². The fourth-order valence-corrected chi connectivity index (χ4v) is 5.04. The number of rotatable bonds is 5. The quantitative estimate of drug-likeness (QED) is 0.552. The summed E-state index contributed by atoms with van der Waals surface area (Å²) in [7, 11) is 1.51. The van der Waals surface area contributed by atoms with E-state index in [2.05, 4.69) is 26.2 Å². The first-order valence-corrected chi connectivity index (χ1v) is 12.1. The van der Waals surface area contributed by atoms with Crippen LogP contribution in [-0.2, 0) is 9.53 Å². The molecule has 3 aliphatic heterocycles. The van der Waals surface area contributed by atoms with Crippen LogP contribution in [0.1, 0.15) is 11.3 Å². The molecule has 0 spiro atoms. The minimum atomic E-state index is -0.378. The molecule has 0 bridgehead atoms. The van der Waals surface area contributed by atoms with Gasteiger partial charge in [-0.05, 0) is 48.0 Å². The molecule has 36 heavy (non-hydrogen) atoms. The molecule has 0 aliphatic carbocycles. The number of aromatic nitrogens is 1. The monoisotopic (exact) mass is 486 g/mol. The van der Waals surface area contributed by atoms with Crippen molar-refractivity contribution in [3.63, 3.8) is 0 Å². The standard InChI is InChI=1S/C28H27FN4O3/c1-35-26-4-2-3-24(29)27(26)18-5-8-25-22(13-18)23(28(34)31-25)14-19-6-7-20(15-30-19)32-9-11-33(12-10-32)21-16-36-17-21/h2-8,13-15,21H,9-12,16-17H2,1H3,(H,31,34). The number of piperazine rings is 1. The van der Waals surface area contributed by atoms with Crippen molar-refractivity contribution in [1.29, 1.82) is 0 Å². The van der Waals surface area contributed by atoms with E-state index in [1.54, 1.807) is 30.3 Å². The molecular weight excluding hydrogens is 459 g/mol. The van der Waals surface area contributed by atoms with Gasteiger partial charge in [-0.25, -0.2) is 4.39 Å². The van der Waals surface area contributed by atoms with E-state index >= 15 is 0 Å². The Morgan fingerprint density at radius 3 is 2.64 bits per heavy atom. The molecular formula is C28H27FN4O3. The lowest BCUT2D eigenvalue weighted by Crippen LogP contribution is -2.56. The third-order valence-electron chi connectivity index (χ3n) is 7.17. The molecule has 2 fully saturated rings. The van der Waals surface area contributed by atoms with Crippen LogP contribution in [0.4, 0.5) is 15.8 Å². The van der Waals surface area contributed by atoms with Crippen LogP contribution in [0.15, 0.2) is 54.7 Å². The molecule has 4 heterocycles. The molecule has 2 saturated heterocycles. The van der Waals surface area contributed by atoms with E-state index in [4.69, 9.17) is 9.47 Å². The van der Waals surface area contributed by atoms with Crippen molar-refractivity contribution >= 4 is 28.9 Å². The first-order valence-electron chi connectivity index (χ1n) is 12.1. The SMILES string of the molecule is COc1cccc(F)c1-c1ccc2c(c1)C(=Cc1ccc(N3CCN(C4COC4)CC3)cn1)C(=O)N2. The molecule has 6 rings (SSSR count). The summed E-state index contributed by atoms with van der Waals surface area (Å²) < 4.78 is 25.4. The minimum Gasteiger partial charge on any atom is -0.496 e. The Balaban J connectivity index is 1.24. The molecule has 1 N–H and O–H groups in total. The van der Waals surface area contributed by atoms with Crippen molar-refractivity contribution < 1.29 is 18.7 Å². The second-order valence-electron chi connectivity index (χ2n) is 9.25. The Morgan fingerprint density at radius 2 is 1.94 bits per heavy atom. The predicted molar refractivity (Wildman–Crippen MR) is 138 cm³/mol. The second-order valence-corrected chi connectivity index (χ2v) is 9.25. The highest BCUT2D eigenvalue weighted by molar-refractivity contribution is 6.35. The summed E-state index contributed by atoms with van der Waals surface area (Å²) in [6.07, 6.45) is 3.64. The van der Waals surface area contributed by atoms with Gasteiger partial charge in [0.25, 0.3) is 5.91 Å². The first kappa shape index (κ1) is 22.7. The highest BCUT2D eigenvalue weighted by Crippen LogP contribution is 2.39. The van der Waals surface area contributed by atoms with Crippen molar-refractivity contribution in [2.75, 3.05) is 56.7 Å². The Hall–Kier alpha value is -3.75. The van der Waals surface area contributed by atoms with Gasteiger partial charge in [-0.3, -0.25) is 14.7 Å². The topological polar surface area (TPSA) is 66.9 Å². The van der Waals surface area contributed by atoms with Crippen molar-refractivity contribution in [2.45, 2.75) is 6.04 Å². The van der Waals surface area contributed by atoms with Gasteiger partial charge in [-0.1, -0.05) is 12.1 Å². The van der Waals surface area contributed by atoms with Gasteiger partial charge in [0.2, 0.25) is 0 Å². The maximum atomic E-state index is 14.7. The zero-order valence-electron chi connectivity index (χ0n) is 20.0. The smallest absolute Gasteiger partial charge is 0.256 e. The summed E-state index contributed by atoms with van der Waals surface area (Å²) in [5, 5.41) is 2.89. The van der Waals surface area contributed by atoms with Crippen LogP contribution < -0.4 is 15.0 Å². The molecule has 1 aromatic heterocycles. The molecule has 0 atom stereocenters.